The van der Waals surface area contributed by atoms with E-state index in [2.05, 4.69) is 121 Å². The molecule has 0 saturated heterocycles. The van der Waals surface area contributed by atoms with Crippen molar-refractivity contribution in [2.75, 3.05) is 0 Å². The van der Waals surface area contributed by atoms with E-state index < -0.39 is 0 Å². The predicted molar refractivity (Wildman–Crippen MR) is 150 cm³/mol. The molecule has 0 amide bonds. The summed E-state index contributed by atoms with van der Waals surface area (Å²) in [6.45, 7) is 2.18. The Bertz CT molecular complexity index is 1910. The molecule has 1 aromatic heterocycles. The number of pyridine rings is 1. The quantitative estimate of drug-likeness (QED) is 0.242. The van der Waals surface area contributed by atoms with Crippen LogP contribution in [0.5, 0.6) is 0 Å². The summed E-state index contributed by atoms with van der Waals surface area (Å²) < 4.78 is 0. The van der Waals surface area contributed by atoms with Gasteiger partial charge in [-0.1, -0.05) is 96.6 Å². The first-order valence-electron chi connectivity index (χ1n) is 12.0. The zero-order chi connectivity index (χ0) is 23.4. The van der Waals surface area contributed by atoms with Gasteiger partial charge in [0.1, 0.15) is 0 Å². The fourth-order valence-electron chi connectivity index (χ4n) is 5.50. The summed E-state index contributed by atoms with van der Waals surface area (Å²) in [4.78, 5) is 4.57. The molecule has 0 fully saturated rings. The molecular formula is C34H23N. The molecule has 0 saturated carbocycles. The van der Waals surface area contributed by atoms with Crippen molar-refractivity contribution >= 4 is 43.1 Å². The highest BCUT2D eigenvalue weighted by atomic mass is 14.6. The van der Waals surface area contributed by atoms with Gasteiger partial charge in [0.2, 0.25) is 0 Å². The molecule has 164 valence electrons. The van der Waals surface area contributed by atoms with Gasteiger partial charge in [-0.05, 0) is 85.1 Å². The average Bonchev–Trinajstić information content (AvgIpc) is 2.91. The Balaban J connectivity index is 1.63. The summed E-state index contributed by atoms with van der Waals surface area (Å²) in [6, 6.07) is 39.8. The number of aromatic nitrogens is 1. The van der Waals surface area contributed by atoms with E-state index in [0.717, 1.165) is 0 Å². The Morgan fingerprint density at radius 2 is 1.03 bits per heavy atom. The van der Waals surface area contributed by atoms with Crippen LogP contribution in [0.15, 0.2) is 122 Å². The van der Waals surface area contributed by atoms with E-state index in [1.807, 2.05) is 12.4 Å². The topological polar surface area (TPSA) is 12.9 Å². The van der Waals surface area contributed by atoms with Gasteiger partial charge >= 0.3 is 0 Å². The molecule has 0 aliphatic carbocycles. The smallest absolute Gasteiger partial charge is 0.0353 e. The number of aryl methyl sites for hydroxylation is 1. The van der Waals surface area contributed by atoms with Gasteiger partial charge in [-0.25, -0.2) is 0 Å². The molecule has 0 atom stereocenters. The van der Waals surface area contributed by atoms with Crippen LogP contribution in [0, 0.1) is 6.92 Å². The highest BCUT2D eigenvalue weighted by Crippen LogP contribution is 2.44. The lowest BCUT2D eigenvalue weighted by molar-refractivity contribution is 1.37. The van der Waals surface area contributed by atoms with Crippen LogP contribution in [0.2, 0.25) is 0 Å². The normalized spacial score (nSPS) is 11.6. The van der Waals surface area contributed by atoms with Crippen molar-refractivity contribution in [3.8, 4) is 22.3 Å². The summed E-state index contributed by atoms with van der Waals surface area (Å²) >= 11 is 0. The van der Waals surface area contributed by atoms with E-state index >= 15 is 0 Å². The minimum atomic E-state index is 1.18. The Hall–Kier alpha value is -4.49. The summed E-state index contributed by atoms with van der Waals surface area (Å²) in [5, 5.41) is 9.98. The number of fused-ring (bicyclic) bond motifs is 4. The third-order valence-corrected chi connectivity index (χ3v) is 7.15. The van der Waals surface area contributed by atoms with Crippen molar-refractivity contribution in [1.82, 2.24) is 4.98 Å². The molecular weight excluding hydrogens is 422 g/mol. The molecule has 1 heteroatoms. The zero-order valence-electron chi connectivity index (χ0n) is 19.5. The van der Waals surface area contributed by atoms with Crippen molar-refractivity contribution in [3.05, 3.63) is 127 Å². The van der Waals surface area contributed by atoms with Gasteiger partial charge in [0.05, 0.1) is 0 Å². The number of hydrogen-bond donors (Lipinski definition) is 0. The molecule has 0 N–H and O–H groups in total. The lowest BCUT2D eigenvalue weighted by atomic mass is 9.85. The van der Waals surface area contributed by atoms with Crippen LogP contribution >= 0.6 is 0 Å². The number of nitrogens with zero attached hydrogens (tertiary/aromatic N) is 1. The number of hydrogen-bond acceptors (Lipinski definition) is 1. The van der Waals surface area contributed by atoms with Gasteiger partial charge in [-0.2, -0.15) is 0 Å². The molecule has 0 aliphatic heterocycles. The van der Waals surface area contributed by atoms with Crippen LogP contribution in [-0.2, 0) is 0 Å². The molecule has 0 unspecified atom stereocenters. The first-order chi connectivity index (χ1) is 17.3. The van der Waals surface area contributed by atoms with E-state index in [1.54, 1.807) is 0 Å². The predicted octanol–water partition coefficient (Wildman–Crippen LogP) is 9.34. The Kier molecular flexibility index (Phi) is 4.43. The lowest BCUT2D eigenvalue weighted by Gasteiger charge is -2.18. The van der Waals surface area contributed by atoms with E-state index in [4.69, 9.17) is 0 Å². The molecule has 0 aliphatic rings. The fraction of sp³-hybridized carbons (Fsp3) is 0.0294. The second kappa shape index (κ2) is 7.78. The van der Waals surface area contributed by atoms with E-state index in [9.17, 15) is 0 Å². The third kappa shape index (κ3) is 3.20. The standard InChI is InChI=1S/C34H23N/c1-22-10-15-29-31(18-22)33(27-13-11-23-6-2-4-8-25(23)19-27)30-16-17-35-21-32(30)34(29)28-14-12-24-7-3-5-9-26(24)20-28/h2-21H,1H3. The minimum Gasteiger partial charge on any atom is -0.264 e. The Morgan fingerprint density at radius 3 is 1.69 bits per heavy atom. The number of benzene rings is 6. The van der Waals surface area contributed by atoms with Gasteiger partial charge in [-0.15, -0.1) is 0 Å². The first kappa shape index (κ1) is 19.9. The average molecular weight is 446 g/mol. The van der Waals surface area contributed by atoms with Crippen molar-refractivity contribution in [3.63, 3.8) is 0 Å². The van der Waals surface area contributed by atoms with Gasteiger partial charge in [-0.3, -0.25) is 4.98 Å². The van der Waals surface area contributed by atoms with Crippen LogP contribution in [-0.4, -0.2) is 4.98 Å². The van der Waals surface area contributed by atoms with Crippen molar-refractivity contribution < 1.29 is 0 Å². The first-order valence-corrected chi connectivity index (χ1v) is 12.0. The highest BCUT2D eigenvalue weighted by Gasteiger charge is 2.17. The van der Waals surface area contributed by atoms with Gasteiger partial charge in [0.15, 0.2) is 0 Å². The third-order valence-electron chi connectivity index (χ3n) is 7.15. The second-order valence-electron chi connectivity index (χ2n) is 9.34. The van der Waals surface area contributed by atoms with E-state index in [1.165, 1.54) is 70.9 Å². The van der Waals surface area contributed by atoms with Gasteiger partial charge in [0, 0.05) is 17.8 Å². The summed E-state index contributed by atoms with van der Waals surface area (Å²) in [5.74, 6) is 0. The summed E-state index contributed by atoms with van der Waals surface area (Å²) in [5.41, 5.74) is 6.24. The highest BCUT2D eigenvalue weighted by molar-refractivity contribution is 6.22. The van der Waals surface area contributed by atoms with Gasteiger partial charge < -0.3 is 0 Å². The molecule has 6 aromatic carbocycles. The van der Waals surface area contributed by atoms with Crippen LogP contribution in [0.3, 0.4) is 0 Å². The fourth-order valence-corrected chi connectivity index (χ4v) is 5.50. The van der Waals surface area contributed by atoms with Crippen LogP contribution in [0.25, 0.3) is 65.3 Å². The van der Waals surface area contributed by atoms with Crippen molar-refractivity contribution in [2.45, 2.75) is 6.92 Å². The lowest BCUT2D eigenvalue weighted by Crippen LogP contribution is -1.92. The second-order valence-corrected chi connectivity index (χ2v) is 9.34. The zero-order valence-corrected chi connectivity index (χ0v) is 19.5. The SMILES string of the molecule is Cc1ccc2c(-c3ccc4ccccc4c3)c3cnccc3c(-c3ccc4ccccc4c3)c2c1. The molecule has 1 heterocycles. The molecule has 35 heavy (non-hydrogen) atoms. The van der Waals surface area contributed by atoms with Crippen molar-refractivity contribution in [1.29, 1.82) is 0 Å². The maximum atomic E-state index is 4.57. The maximum Gasteiger partial charge on any atom is 0.0353 e. The largest absolute Gasteiger partial charge is 0.264 e. The molecule has 1 nitrogen and oxygen atoms in total. The molecule has 0 bridgehead atoms. The van der Waals surface area contributed by atoms with Crippen LogP contribution < -0.4 is 0 Å². The van der Waals surface area contributed by atoms with E-state index in [-0.39, 0.29) is 0 Å². The molecule has 0 radical (unpaired) electrons. The van der Waals surface area contributed by atoms with E-state index in [0.29, 0.717) is 0 Å². The Morgan fingerprint density at radius 1 is 0.457 bits per heavy atom. The van der Waals surface area contributed by atoms with Crippen LogP contribution in [0.1, 0.15) is 5.56 Å². The monoisotopic (exact) mass is 445 g/mol. The molecule has 0 spiro atoms. The molecule has 7 rings (SSSR count). The van der Waals surface area contributed by atoms with Gasteiger partial charge in [0.25, 0.3) is 0 Å². The maximum absolute atomic E-state index is 4.57. The minimum absolute atomic E-state index is 1.18. The molecule has 7 aromatic rings. The summed E-state index contributed by atoms with van der Waals surface area (Å²) in [7, 11) is 0. The summed E-state index contributed by atoms with van der Waals surface area (Å²) in [6.07, 6.45) is 3.95. The van der Waals surface area contributed by atoms with Crippen LogP contribution in [0.4, 0.5) is 0 Å². The number of rotatable bonds is 2. The Labute approximate surface area is 204 Å². The van der Waals surface area contributed by atoms with Crippen molar-refractivity contribution in [2.24, 2.45) is 0 Å².